The van der Waals surface area contributed by atoms with Crippen LogP contribution in [0.25, 0.3) is 217 Å². The van der Waals surface area contributed by atoms with E-state index in [2.05, 4.69) is 382 Å². The molecule has 0 bridgehead atoms. The lowest BCUT2D eigenvalue weighted by molar-refractivity contribution is 1.63. The highest BCUT2D eigenvalue weighted by molar-refractivity contribution is 7.23. The summed E-state index contributed by atoms with van der Waals surface area (Å²) in [6.07, 6.45) is 0. The second-order valence-corrected chi connectivity index (χ2v) is 30.6. The Labute approximate surface area is 679 Å². The van der Waals surface area contributed by atoms with Gasteiger partial charge in [0.15, 0.2) is 0 Å². The van der Waals surface area contributed by atoms with E-state index in [0.717, 1.165) is 38.2 Å². The highest BCUT2D eigenvalue weighted by Crippen LogP contribution is 2.54. The standard InChI is InChI=1S/C44H28S.C36H24.C34H22/c1-3-14-29(15-4-1)32-26-27-40-39(28-32)43(44(45-40)31-17-5-2-6-18-31)42-37-23-11-9-21-35(37)41(36-22-10-12-24-38(36)42)34-25-13-19-30-16-7-8-20-33(30)34;1-2-12-27(13-3-1)35-31-16-6-8-18-33(31)36(34-19-9-7-17-32(34)35)28-23-21-26(22-24-28)30-20-10-14-25-11-4-5-15-29(25)30;1-3-11-25-21-27(19-17-23(25)9-1)33-29-13-5-7-15-31(29)34(32-16-8-6-14-30(32)33)28-20-18-24-10-2-4-12-26(24)22-28/h1-28H;1-24H;1-22H/i;1D,2D,3D,12D,13D;. The number of benzene rings is 22. The van der Waals surface area contributed by atoms with Gasteiger partial charge in [-0.1, -0.05) is 425 Å². The summed E-state index contributed by atoms with van der Waals surface area (Å²) in [4.78, 5) is 1.31. The lowest BCUT2D eigenvalue weighted by Gasteiger charge is -2.19. The molecule has 0 aliphatic carbocycles. The SMILES string of the molecule is [2H]c1c([2H])c([2H])c(-c2c3ccccc3c(-c3ccc(-c4cccc5ccccc45)cc3)c3ccccc23)c([2H])c1[2H].c1ccc(-c2ccc3sc(-c4ccccc4)c(-c4c5ccccc5c(-c5cccc6ccccc56)c5ccccc45)c3c2)cc1.c1ccc2cc(-c3c4ccccc4c(-c4ccc5ccccc5c4)c4ccccc34)ccc2c1. The summed E-state index contributed by atoms with van der Waals surface area (Å²) in [6.45, 7) is 0. The van der Waals surface area contributed by atoms with Crippen LogP contribution in [0.1, 0.15) is 6.85 Å². The molecule has 0 aliphatic heterocycles. The molecular formula is C114H74S. The third-order valence-corrected chi connectivity index (χ3v) is 24.3. The van der Waals surface area contributed by atoms with Gasteiger partial charge in [0.05, 0.1) is 6.85 Å². The van der Waals surface area contributed by atoms with Crippen LogP contribution in [0.5, 0.6) is 0 Å². The molecule has 0 saturated heterocycles. The molecule has 0 N–H and O–H groups in total. The second-order valence-electron chi connectivity index (χ2n) is 29.5. The van der Waals surface area contributed by atoms with Crippen LogP contribution in [0.4, 0.5) is 0 Å². The molecule has 0 saturated carbocycles. The normalized spacial score (nSPS) is 12.1. The predicted molar refractivity (Wildman–Crippen MR) is 499 cm³/mol. The first-order valence-electron chi connectivity index (χ1n) is 41.8. The molecule has 0 atom stereocenters. The van der Waals surface area contributed by atoms with Crippen LogP contribution in [0, 0.1) is 0 Å². The fourth-order valence-corrected chi connectivity index (χ4v) is 19.1. The topological polar surface area (TPSA) is 0 Å². The molecule has 23 rings (SSSR count). The van der Waals surface area contributed by atoms with Crippen molar-refractivity contribution in [1.82, 2.24) is 0 Å². The number of hydrogen-bond donors (Lipinski definition) is 0. The molecule has 0 radical (unpaired) electrons. The molecule has 0 spiro atoms. The molecule has 0 fully saturated rings. The van der Waals surface area contributed by atoms with Gasteiger partial charge in [-0.2, -0.15) is 0 Å². The van der Waals surface area contributed by atoms with Gasteiger partial charge >= 0.3 is 0 Å². The maximum Gasteiger partial charge on any atom is 0.0629 e. The molecule has 1 heteroatoms. The van der Waals surface area contributed by atoms with Crippen molar-refractivity contribution in [3.8, 4) is 99.5 Å². The molecule has 0 nitrogen and oxygen atoms in total. The fourth-order valence-electron chi connectivity index (χ4n) is 17.9. The first-order valence-corrected chi connectivity index (χ1v) is 40.1. The Morgan fingerprint density at radius 1 is 0.157 bits per heavy atom. The van der Waals surface area contributed by atoms with E-state index in [0.29, 0.717) is 5.56 Å². The molecular weight excluding hydrogens is 1400 g/mol. The Morgan fingerprint density at radius 3 is 0.939 bits per heavy atom. The largest absolute Gasteiger partial charge is 0.135 e. The van der Waals surface area contributed by atoms with Gasteiger partial charge in [-0.3, -0.25) is 0 Å². The summed E-state index contributed by atoms with van der Waals surface area (Å²) in [5.74, 6) is 0. The van der Waals surface area contributed by atoms with Crippen molar-refractivity contribution in [2.75, 3.05) is 0 Å². The lowest BCUT2D eigenvalue weighted by atomic mass is 9.83. The first-order chi connectivity index (χ1) is 59.2. The highest BCUT2D eigenvalue weighted by atomic mass is 32.1. The molecule has 536 valence electrons. The second kappa shape index (κ2) is 29.6. The summed E-state index contributed by atoms with van der Waals surface area (Å²) in [6, 6.07) is 149. The lowest BCUT2D eigenvalue weighted by Crippen LogP contribution is -1.92. The summed E-state index contributed by atoms with van der Waals surface area (Å²) in [5.41, 5.74) is 19.4. The van der Waals surface area contributed by atoms with Crippen LogP contribution in [0.2, 0.25) is 0 Å². The Hall–Kier alpha value is -14.6. The average molecular weight is 1480 g/mol. The summed E-state index contributed by atoms with van der Waals surface area (Å²) < 4.78 is 43.5. The minimum atomic E-state index is -0.389. The Morgan fingerprint density at radius 2 is 0.478 bits per heavy atom. The summed E-state index contributed by atoms with van der Waals surface area (Å²) in [5, 5.41) is 25.2. The van der Waals surface area contributed by atoms with Crippen molar-refractivity contribution >= 4 is 129 Å². The van der Waals surface area contributed by atoms with Crippen molar-refractivity contribution in [2.24, 2.45) is 0 Å². The van der Waals surface area contributed by atoms with E-state index in [4.69, 9.17) is 6.85 Å². The highest BCUT2D eigenvalue weighted by Gasteiger charge is 2.25. The van der Waals surface area contributed by atoms with E-state index < -0.39 is 0 Å². The van der Waals surface area contributed by atoms with Gasteiger partial charge in [0, 0.05) is 20.5 Å². The molecule has 0 unspecified atom stereocenters. The van der Waals surface area contributed by atoms with Gasteiger partial charge in [-0.25, -0.2) is 0 Å². The quantitative estimate of drug-likeness (QED) is 0.126. The van der Waals surface area contributed by atoms with Crippen LogP contribution >= 0.6 is 11.3 Å². The predicted octanol–water partition coefficient (Wildman–Crippen LogP) is 32.8. The van der Waals surface area contributed by atoms with Gasteiger partial charge in [0.1, 0.15) is 0 Å². The van der Waals surface area contributed by atoms with Crippen LogP contribution in [0.15, 0.2) is 449 Å². The van der Waals surface area contributed by atoms with E-state index in [1.165, 1.54) is 168 Å². The summed E-state index contributed by atoms with van der Waals surface area (Å²) >= 11 is 1.90. The number of hydrogen-bond acceptors (Lipinski definition) is 1. The molecule has 1 aromatic heterocycles. The van der Waals surface area contributed by atoms with Crippen LogP contribution in [-0.2, 0) is 0 Å². The Balaban J connectivity index is 0.000000112. The summed E-state index contributed by atoms with van der Waals surface area (Å²) in [7, 11) is 0. The fraction of sp³-hybridized carbons (Fsp3) is 0. The average Bonchev–Trinajstić information content (AvgIpc) is 1.19. The van der Waals surface area contributed by atoms with Gasteiger partial charge < -0.3 is 0 Å². The molecule has 1 heterocycles. The van der Waals surface area contributed by atoms with Crippen molar-refractivity contribution in [3.05, 3.63) is 449 Å². The molecule has 22 aromatic carbocycles. The van der Waals surface area contributed by atoms with Crippen molar-refractivity contribution in [2.45, 2.75) is 0 Å². The molecule has 0 amide bonds. The molecule has 0 aliphatic rings. The van der Waals surface area contributed by atoms with E-state index in [1.54, 1.807) is 0 Å². The first kappa shape index (κ1) is 63.1. The van der Waals surface area contributed by atoms with Gasteiger partial charge in [0.25, 0.3) is 0 Å². The van der Waals surface area contributed by atoms with E-state index in [1.807, 2.05) is 47.7 Å². The molecule has 115 heavy (non-hydrogen) atoms. The number of fused-ring (bicyclic) bond motifs is 11. The monoisotopic (exact) mass is 1480 g/mol. The minimum Gasteiger partial charge on any atom is -0.135 e. The zero-order valence-electron chi connectivity index (χ0n) is 67.7. The van der Waals surface area contributed by atoms with Crippen LogP contribution in [-0.4, -0.2) is 0 Å². The van der Waals surface area contributed by atoms with E-state index >= 15 is 0 Å². The van der Waals surface area contributed by atoms with Gasteiger partial charge in [-0.05, 0) is 221 Å². The number of rotatable bonds is 9. The third kappa shape index (κ3) is 12.3. The van der Waals surface area contributed by atoms with Gasteiger partial charge in [-0.15, -0.1) is 11.3 Å². The van der Waals surface area contributed by atoms with Crippen molar-refractivity contribution in [1.29, 1.82) is 0 Å². The minimum absolute atomic E-state index is 0.196. The smallest absolute Gasteiger partial charge is 0.0629 e. The third-order valence-electron chi connectivity index (χ3n) is 23.0. The Kier molecular flexibility index (Phi) is 16.2. The van der Waals surface area contributed by atoms with E-state index in [-0.39, 0.29) is 35.8 Å². The maximum absolute atomic E-state index is 8.73. The molecule has 23 aromatic rings. The number of thiophene rings is 1. The van der Waals surface area contributed by atoms with E-state index in [9.17, 15) is 0 Å². The van der Waals surface area contributed by atoms with Crippen molar-refractivity contribution in [3.63, 3.8) is 0 Å². The maximum atomic E-state index is 8.73. The van der Waals surface area contributed by atoms with Crippen molar-refractivity contribution < 1.29 is 6.85 Å². The van der Waals surface area contributed by atoms with Crippen LogP contribution < -0.4 is 0 Å². The van der Waals surface area contributed by atoms with Crippen LogP contribution in [0.3, 0.4) is 0 Å². The van der Waals surface area contributed by atoms with Gasteiger partial charge in [0.2, 0.25) is 0 Å². The Bertz CT molecular complexity index is 7680. The zero-order valence-corrected chi connectivity index (χ0v) is 63.6. The zero-order chi connectivity index (χ0) is 80.5.